The maximum Gasteiger partial charge on any atom is 0.350 e. The molecule has 0 unspecified atom stereocenters. The molecule has 0 saturated heterocycles. The van der Waals surface area contributed by atoms with Gasteiger partial charge in [0.1, 0.15) is 4.88 Å². The Kier molecular flexibility index (Phi) is 2.66. The van der Waals surface area contributed by atoms with Crippen LogP contribution in [0.2, 0.25) is 0 Å². The van der Waals surface area contributed by atoms with Crippen LogP contribution in [0.15, 0.2) is 10.9 Å². The molecule has 17 heavy (non-hydrogen) atoms. The number of ether oxygens (including phenoxy) is 1. The van der Waals surface area contributed by atoms with Crippen molar-refractivity contribution in [1.29, 1.82) is 0 Å². The van der Waals surface area contributed by atoms with Crippen molar-refractivity contribution in [3.63, 3.8) is 0 Å². The van der Waals surface area contributed by atoms with Crippen LogP contribution < -0.4 is 11.3 Å². The van der Waals surface area contributed by atoms with E-state index in [9.17, 15) is 9.59 Å². The lowest BCUT2D eigenvalue weighted by molar-refractivity contribution is 0.0607. The number of aromatic nitrogens is 1. The standard InChI is InChI=1S/C11H12N2O3S/c1-5-4-6-7(10(14)13(5)2)8(12)9(17-6)11(15)16-3/h4H,12H2,1-3H3. The fraction of sp³-hybridized carbons (Fsp3) is 0.273. The highest BCUT2D eigenvalue weighted by Gasteiger charge is 2.19. The molecule has 0 aliphatic rings. The van der Waals surface area contributed by atoms with E-state index in [2.05, 4.69) is 4.74 Å². The first kappa shape index (κ1) is 11.7. The highest BCUT2D eigenvalue weighted by atomic mass is 32.1. The summed E-state index contributed by atoms with van der Waals surface area (Å²) in [6, 6.07) is 1.84. The molecule has 0 amide bonds. The van der Waals surface area contributed by atoms with Crippen LogP contribution in [0.4, 0.5) is 5.69 Å². The number of thiophene rings is 1. The Morgan fingerprint density at radius 3 is 2.76 bits per heavy atom. The van der Waals surface area contributed by atoms with Crippen LogP contribution in [-0.4, -0.2) is 17.6 Å². The predicted molar refractivity (Wildman–Crippen MR) is 67.6 cm³/mol. The topological polar surface area (TPSA) is 74.3 Å². The van der Waals surface area contributed by atoms with Gasteiger partial charge in [-0.15, -0.1) is 11.3 Å². The summed E-state index contributed by atoms with van der Waals surface area (Å²) in [5, 5.41) is 0.392. The smallest absolute Gasteiger partial charge is 0.350 e. The third kappa shape index (κ3) is 1.61. The fourth-order valence-corrected chi connectivity index (χ4v) is 2.77. The van der Waals surface area contributed by atoms with Crippen molar-refractivity contribution in [1.82, 2.24) is 4.57 Å². The van der Waals surface area contributed by atoms with Crippen molar-refractivity contribution >= 4 is 33.1 Å². The van der Waals surface area contributed by atoms with Crippen molar-refractivity contribution in [2.75, 3.05) is 12.8 Å². The zero-order valence-electron chi connectivity index (χ0n) is 9.73. The molecule has 0 saturated carbocycles. The Hall–Kier alpha value is -1.82. The van der Waals surface area contributed by atoms with Crippen molar-refractivity contribution in [3.8, 4) is 0 Å². The number of methoxy groups -OCH3 is 1. The normalized spacial score (nSPS) is 10.8. The van der Waals surface area contributed by atoms with Crippen molar-refractivity contribution in [2.45, 2.75) is 6.92 Å². The number of anilines is 1. The minimum Gasteiger partial charge on any atom is -0.465 e. The van der Waals surface area contributed by atoms with Gasteiger partial charge >= 0.3 is 5.97 Å². The van der Waals surface area contributed by atoms with Crippen LogP contribution in [0.3, 0.4) is 0 Å². The summed E-state index contributed by atoms with van der Waals surface area (Å²) in [7, 11) is 2.96. The fourth-order valence-electron chi connectivity index (χ4n) is 1.64. The van der Waals surface area contributed by atoms with Gasteiger partial charge in [-0.25, -0.2) is 4.79 Å². The van der Waals surface area contributed by atoms with Crippen molar-refractivity contribution in [3.05, 3.63) is 27.0 Å². The number of hydrogen-bond acceptors (Lipinski definition) is 5. The van der Waals surface area contributed by atoms with Gasteiger partial charge in [0.2, 0.25) is 0 Å². The molecule has 90 valence electrons. The van der Waals surface area contributed by atoms with Crippen LogP contribution in [-0.2, 0) is 11.8 Å². The Labute approximate surface area is 101 Å². The molecule has 5 nitrogen and oxygen atoms in total. The molecule has 2 rings (SSSR count). The van der Waals surface area contributed by atoms with Gasteiger partial charge in [-0.2, -0.15) is 0 Å². The summed E-state index contributed by atoms with van der Waals surface area (Å²) in [5.74, 6) is -0.511. The largest absolute Gasteiger partial charge is 0.465 e. The number of carbonyl (C=O) groups is 1. The van der Waals surface area contributed by atoms with E-state index in [0.29, 0.717) is 10.1 Å². The lowest BCUT2D eigenvalue weighted by Crippen LogP contribution is -2.19. The summed E-state index contributed by atoms with van der Waals surface area (Å²) >= 11 is 1.18. The van der Waals surface area contributed by atoms with Crippen molar-refractivity contribution < 1.29 is 9.53 Å². The molecule has 2 aromatic rings. The summed E-state index contributed by atoms with van der Waals surface area (Å²) < 4.78 is 6.85. The molecule has 0 atom stereocenters. The van der Waals surface area contributed by atoms with Crippen molar-refractivity contribution in [2.24, 2.45) is 7.05 Å². The van der Waals surface area contributed by atoms with Crippen LogP contribution in [0, 0.1) is 6.92 Å². The zero-order chi connectivity index (χ0) is 12.7. The Balaban J connectivity index is 2.88. The number of carbonyl (C=O) groups excluding carboxylic acids is 1. The number of pyridine rings is 1. The monoisotopic (exact) mass is 252 g/mol. The van der Waals surface area contributed by atoms with E-state index >= 15 is 0 Å². The Bertz CT molecular complexity index is 669. The highest BCUT2D eigenvalue weighted by Crippen LogP contribution is 2.32. The molecule has 0 fully saturated rings. The molecule has 6 heteroatoms. The quantitative estimate of drug-likeness (QED) is 0.776. The summed E-state index contributed by atoms with van der Waals surface area (Å²) in [6.45, 7) is 1.83. The number of nitrogens with zero attached hydrogens (tertiary/aromatic N) is 1. The van der Waals surface area contributed by atoms with E-state index in [-0.39, 0.29) is 16.1 Å². The first-order valence-electron chi connectivity index (χ1n) is 4.94. The summed E-state index contributed by atoms with van der Waals surface area (Å²) in [4.78, 5) is 23.8. The van der Waals surface area contributed by atoms with Gasteiger partial charge in [-0.3, -0.25) is 4.79 Å². The molecule has 0 bridgehead atoms. The summed E-state index contributed by atoms with van der Waals surface area (Å²) in [5.41, 5.74) is 6.67. The van der Waals surface area contributed by atoms with Gasteiger partial charge in [0.25, 0.3) is 5.56 Å². The minimum absolute atomic E-state index is 0.191. The van der Waals surface area contributed by atoms with Crippen LogP contribution in [0.1, 0.15) is 15.4 Å². The number of nitrogen functional groups attached to an aromatic ring is 1. The second-order valence-corrected chi connectivity index (χ2v) is 4.78. The summed E-state index contributed by atoms with van der Waals surface area (Å²) in [6.07, 6.45) is 0. The lowest BCUT2D eigenvalue weighted by Gasteiger charge is -2.02. The molecular weight excluding hydrogens is 240 g/mol. The average molecular weight is 252 g/mol. The van der Waals surface area contributed by atoms with Gasteiger partial charge in [0.15, 0.2) is 0 Å². The van der Waals surface area contributed by atoms with E-state index in [1.807, 2.05) is 13.0 Å². The van der Waals surface area contributed by atoms with E-state index in [1.54, 1.807) is 7.05 Å². The second-order valence-electron chi connectivity index (χ2n) is 3.73. The molecule has 0 aromatic carbocycles. The first-order valence-corrected chi connectivity index (χ1v) is 5.76. The third-order valence-corrected chi connectivity index (χ3v) is 3.86. The molecular formula is C11H12N2O3S. The Morgan fingerprint density at radius 1 is 1.53 bits per heavy atom. The number of fused-ring (bicyclic) bond motifs is 1. The number of aryl methyl sites for hydroxylation is 1. The molecule has 0 radical (unpaired) electrons. The zero-order valence-corrected chi connectivity index (χ0v) is 10.6. The number of nitrogens with two attached hydrogens (primary N) is 1. The highest BCUT2D eigenvalue weighted by molar-refractivity contribution is 7.21. The second kappa shape index (κ2) is 3.89. The molecule has 2 aromatic heterocycles. The van der Waals surface area contributed by atoms with Gasteiger partial charge in [-0.1, -0.05) is 0 Å². The maximum absolute atomic E-state index is 12.0. The van der Waals surface area contributed by atoms with E-state index in [0.717, 1.165) is 5.69 Å². The van der Waals surface area contributed by atoms with E-state index in [4.69, 9.17) is 5.73 Å². The minimum atomic E-state index is -0.511. The van der Waals surface area contributed by atoms with Gasteiger partial charge in [0, 0.05) is 17.4 Å². The number of rotatable bonds is 1. The van der Waals surface area contributed by atoms with Crippen LogP contribution in [0.5, 0.6) is 0 Å². The van der Waals surface area contributed by atoms with E-state index < -0.39 is 5.97 Å². The predicted octanol–water partition coefficient (Wildman–Crippen LogP) is 1.28. The van der Waals surface area contributed by atoms with Crippen LogP contribution >= 0.6 is 11.3 Å². The SMILES string of the molecule is COC(=O)c1sc2cc(C)n(C)c(=O)c2c1N. The Morgan fingerprint density at radius 2 is 2.18 bits per heavy atom. The number of esters is 1. The maximum atomic E-state index is 12.0. The molecule has 0 spiro atoms. The van der Waals surface area contributed by atoms with Gasteiger partial charge in [-0.05, 0) is 13.0 Å². The average Bonchev–Trinajstić information content (AvgIpc) is 2.62. The van der Waals surface area contributed by atoms with Gasteiger partial charge in [0.05, 0.1) is 18.2 Å². The van der Waals surface area contributed by atoms with E-state index in [1.165, 1.54) is 23.0 Å². The molecule has 2 N–H and O–H groups in total. The molecule has 0 aliphatic carbocycles. The third-order valence-electron chi connectivity index (χ3n) is 2.73. The van der Waals surface area contributed by atoms with Gasteiger partial charge < -0.3 is 15.0 Å². The number of hydrogen-bond donors (Lipinski definition) is 1. The lowest BCUT2D eigenvalue weighted by atomic mass is 10.2. The first-order chi connectivity index (χ1) is 7.97. The molecule has 2 heterocycles. The van der Waals surface area contributed by atoms with Crippen LogP contribution in [0.25, 0.3) is 10.1 Å². The molecule has 0 aliphatic heterocycles.